The number of rotatable bonds is 9. The molecule has 0 spiro atoms. The highest BCUT2D eigenvalue weighted by Gasteiger charge is 2.21. The lowest BCUT2D eigenvalue weighted by atomic mass is 10.2. The Balaban J connectivity index is 0.00000676. The van der Waals surface area contributed by atoms with Crippen LogP contribution in [0, 0.1) is 0 Å². The van der Waals surface area contributed by atoms with Gasteiger partial charge in [-0.2, -0.15) is 0 Å². The van der Waals surface area contributed by atoms with E-state index in [4.69, 9.17) is 15.2 Å². The monoisotopic (exact) mass is 492 g/mol. The minimum absolute atomic E-state index is 0. The minimum atomic E-state index is -0.534. The van der Waals surface area contributed by atoms with Crippen molar-refractivity contribution in [2.75, 3.05) is 39.9 Å². The van der Waals surface area contributed by atoms with Crippen LogP contribution in [0.2, 0.25) is 0 Å². The van der Waals surface area contributed by atoms with E-state index in [0.717, 1.165) is 6.42 Å². The van der Waals surface area contributed by atoms with E-state index >= 15 is 0 Å². The lowest BCUT2D eigenvalue weighted by Crippen LogP contribution is -2.44. The van der Waals surface area contributed by atoms with Crippen LogP contribution in [0.1, 0.15) is 26.3 Å². The Bertz CT molecular complexity index is 562. The summed E-state index contributed by atoms with van der Waals surface area (Å²) in [4.78, 5) is 18.1. The Morgan fingerprint density at radius 3 is 2.48 bits per heavy atom. The third-order valence-electron chi connectivity index (χ3n) is 3.43. The summed E-state index contributed by atoms with van der Waals surface area (Å²) >= 11 is 0. The van der Waals surface area contributed by atoms with E-state index in [0.29, 0.717) is 38.7 Å². The molecule has 1 aromatic carbocycles. The maximum atomic E-state index is 12.2. The Morgan fingerprint density at radius 1 is 1.22 bits per heavy atom. The summed E-state index contributed by atoms with van der Waals surface area (Å²) < 4.78 is 10.5. The summed E-state index contributed by atoms with van der Waals surface area (Å²) in [6.45, 7) is 7.98. The lowest BCUT2D eigenvalue weighted by Gasteiger charge is -2.27. The van der Waals surface area contributed by atoms with Crippen LogP contribution in [-0.2, 0) is 15.9 Å². The summed E-state index contributed by atoms with van der Waals surface area (Å²) in [6.07, 6.45) is 0.470. The minimum Gasteiger partial charge on any atom is -0.444 e. The van der Waals surface area contributed by atoms with Crippen LogP contribution in [0.15, 0.2) is 35.3 Å². The van der Waals surface area contributed by atoms with Crippen molar-refractivity contribution in [3.63, 3.8) is 0 Å². The van der Waals surface area contributed by atoms with Gasteiger partial charge in [0, 0.05) is 33.3 Å². The molecular weight excluding hydrogens is 459 g/mol. The van der Waals surface area contributed by atoms with Gasteiger partial charge in [-0.25, -0.2) is 4.79 Å². The molecule has 7 nitrogen and oxygen atoms in total. The SMILES string of the molecule is COCCN(CCNC(N)=NCCc1ccccc1)C(=O)OC(C)(C)C.I. The highest BCUT2D eigenvalue weighted by molar-refractivity contribution is 14.0. The Kier molecular flexibility index (Phi) is 12.8. The van der Waals surface area contributed by atoms with Gasteiger partial charge in [0.25, 0.3) is 0 Å². The number of amides is 1. The number of carbonyl (C=O) groups excluding carboxylic acids is 1. The molecule has 0 aliphatic rings. The van der Waals surface area contributed by atoms with Gasteiger partial charge in [-0.15, -0.1) is 24.0 Å². The number of halogens is 1. The molecule has 154 valence electrons. The quantitative estimate of drug-likeness (QED) is 0.315. The zero-order chi connectivity index (χ0) is 19.4. The molecule has 0 bridgehead atoms. The highest BCUT2D eigenvalue weighted by atomic mass is 127. The van der Waals surface area contributed by atoms with Crippen molar-refractivity contribution in [3.8, 4) is 0 Å². The zero-order valence-corrected chi connectivity index (χ0v) is 19.1. The molecule has 0 unspecified atom stereocenters. The molecule has 0 heterocycles. The van der Waals surface area contributed by atoms with Crippen molar-refractivity contribution in [2.45, 2.75) is 32.8 Å². The summed E-state index contributed by atoms with van der Waals surface area (Å²) in [6, 6.07) is 10.1. The van der Waals surface area contributed by atoms with Gasteiger partial charge >= 0.3 is 6.09 Å². The topological polar surface area (TPSA) is 89.2 Å². The van der Waals surface area contributed by atoms with E-state index in [1.807, 2.05) is 39.0 Å². The molecular formula is C19H33IN4O3. The summed E-state index contributed by atoms with van der Waals surface area (Å²) in [5.41, 5.74) is 6.57. The number of nitrogens with one attached hydrogen (secondary N) is 1. The molecule has 0 aliphatic heterocycles. The van der Waals surface area contributed by atoms with Gasteiger partial charge in [-0.3, -0.25) is 4.99 Å². The van der Waals surface area contributed by atoms with E-state index in [1.165, 1.54) is 5.56 Å². The standard InChI is InChI=1S/C19H32N4O3.HI/c1-19(2,3)26-18(24)23(14-15-25-4)13-12-22-17(20)21-11-10-16-8-6-5-7-9-16;/h5-9H,10-15H2,1-4H3,(H3,20,21,22);1H. The van der Waals surface area contributed by atoms with Crippen LogP contribution in [0.25, 0.3) is 0 Å². The first kappa shape index (κ1) is 25.4. The van der Waals surface area contributed by atoms with Gasteiger partial charge in [0.2, 0.25) is 0 Å². The maximum Gasteiger partial charge on any atom is 0.410 e. The van der Waals surface area contributed by atoms with Gasteiger partial charge < -0.3 is 25.4 Å². The number of ether oxygens (including phenoxy) is 2. The average molecular weight is 492 g/mol. The third kappa shape index (κ3) is 12.5. The fourth-order valence-electron chi connectivity index (χ4n) is 2.15. The van der Waals surface area contributed by atoms with Crippen LogP contribution in [0.5, 0.6) is 0 Å². The molecule has 1 aromatic rings. The molecule has 0 saturated carbocycles. The third-order valence-corrected chi connectivity index (χ3v) is 3.43. The van der Waals surface area contributed by atoms with Gasteiger partial charge in [0.05, 0.1) is 6.61 Å². The fourth-order valence-corrected chi connectivity index (χ4v) is 2.15. The number of nitrogens with two attached hydrogens (primary N) is 1. The van der Waals surface area contributed by atoms with E-state index < -0.39 is 5.60 Å². The molecule has 0 saturated heterocycles. The van der Waals surface area contributed by atoms with Crippen molar-refractivity contribution in [3.05, 3.63) is 35.9 Å². The second kappa shape index (κ2) is 13.6. The van der Waals surface area contributed by atoms with Gasteiger partial charge in [-0.05, 0) is 32.8 Å². The van der Waals surface area contributed by atoms with Crippen LogP contribution < -0.4 is 11.1 Å². The second-order valence-electron chi connectivity index (χ2n) is 6.89. The van der Waals surface area contributed by atoms with E-state index in [1.54, 1.807) is 12.0 Å². The largest absolute Gasteiger partial charge is 0.444 e. The van der Waals surface area contributed by atoms with E-state index in [9.17, 15) is 4.79 Å². The van der Waals surface area contributed by atoms with E-state index in [-0.39, 0.29) is 30.1 Å². The smallest absolute Gasteiger partial charge is 0.410 e. The van der Waals surface area contributed by atoms with Crippen LogP contribution >= 0.6 is 24.0 Å². The van der Waals surface area contributed by atoms with Crippen molar-refractivity contribution in [2.24, 2.45) is 10.7 Å². The zero-order valence-electron chi connectivity index (χ0n) is 16.7. The molecule has 27 heavy (non-hydrogen) atoms. The molecule has 8 heteroatoms. The Labute approximate surface area is 179 Å². The first-order valence-electron chi connectivity index (χ1n) is 8.86. The average Bonchev–Trinajstić information content (AvgIpc) is 2.57. The van der Waals surface area contributed by atoms with Crippen LogP contribution in [0.4, 0.5) is 4.79 Å². The van der Waals surface area contributed by atoms with Crippen molar-refractivity contribution in [1.82, 2.24) is 10.2 Å². The predicted molar refractivity (Wildman–Crippen MR) is 120 cm³/mol. The van der Waals surface area contributed by atoms with Gasteiger partial charge in [0.1, 0.15) is 5.60 Å². The molecule has 1 amide bonds. The molecule has 0 aromatic heterocycles. The first-order valence-corrected chi connectivity index (χ1v) is 8.86. The van der Waals surface area contributed by atoms with E-state index in [2.05, 4.69) is 22.4 Å². The number of aliphatic imine (C=N–C) groups is 1. The summed E-state index contributed by atoms with van der Waals surface area (Å²) in [5.74, 6) is 0.372. The molecule has 0 aliphatic carbocycles. The number of benzene rings is 1. The molecule has 0 atom stereocenters. The predicted octanol–water partition coefficient (Wildman–Crippen LogP) is 2.63. The number of carbonyl (C=O) groups is 1. The molecule has 1 rings (SSSR count). The lowest BCUT2D eigenvalue weighted by molar-refractivity contribution is 0.0206. The number of guanidine groups is 1. The number of nitrogens with zero attached hydrogens (tertiary/aromatic N) is 2. The normalized spacial score (nSPS) is 11.5. The van der Waals surface area contributed by atoms with Gasteiger partial charge in [0.15, 0.2) is 5.96 Å². The maximum absolute atomic E-state index is 12.2. The highest BCUT2D eigenvalue weighted by Crippen LogP contribution is 2.09. The molecule has 0 fully saturated rings. The first-order chi connectivity index (χ1) is 12.3. The number of hydrogen-bond acceptors (Lipinski definition) is 4. The Hall–Kier alpha value is -1.55. The number of hydrogen-bond donors (Lipinski definition) is 2. The van der Waals surface area contributed by atoms with Crippen LogP contribution in [-0.4, -0.2) is 62.4 Å². The number of methoxy groups -OCH3 is 1. The van der Waals surface area contributed by atoms with Crippen molar-refractivity contribution < 1.29 is 14.3 Å². The summed E-state index contributed by atoms with van der Waals surface area (Å²) in [5, 5.41) is 3.03. The fraction of sp³-hybridized carbons (Fsp3) is 0.579. The second-order valence-corrected chi connectivity index (χ2v) is 6.89. The summed E-state index contributed by atoms with van der Waals surface area (Å²) in [7, 11) is 1.60. The van der Waals surface area contributed by atoms with Crippen molar-refractivity contribution in [1.29, 1.82) is 0 Å². The van der Waals surface area contributed by atoms with Crippen molar-refractivity contribution >= 4 is 36.0 Å². The van der Waals surface area contributed by atoms with Crippen LogP contribution in [0.3, 0.4) is 0 Å². The van der Waals surface area contributed by atoms with Gasteiger partial charge in [-0.1, -0.05) is 30.3 Å². The molecule has 3 N–H and O–H groups in total. The Morgan fingerprint density at radius 2 is 1.89 bits per heavy atom. The molecule has 0 radical (unpaired) electrons.